The number of ketones is 1. The maximum absolute atomic E-state index is 11.8. The third-order valence-corrected chi connectivity index (χ3v) is 2.00. The van der Waals surface area contributed by atoms with Crippen LogP contribution < -0.4 is 0 Å². The minimum Gasteiger partial charge on any atom is -0.383 e. The lowest BCUT2D eigenvalue weighted by molar-refractivity contribution is 0.103. The van der Waals surface area contributed by atoms with E-state index in [9.17, 15) is 4.79 Å². The number of imidazole rings is 1. The Bertz CT molecular complexity index is 364. The van der Waals surface area contributed by atoms with Gasteiger partial charge in [0.2, 0.25) is 5.78 Å². The number of carbonyl (C=O) groups excluding carboxylic acids is 1. The minimum absolute atomic E-state index is 0.0186. The standard InChI is InChI=1S/C11H17N3O/c1-9(2)14-8-12-7-10(14)11(15)5-6-13(3)4/h5-9H,1-4H3/b6-5+. The molecule has 0 spiro atoms. The van der Waals surface area contributed by atoms with Crippen LogP contribution in [0.3, 0.4) is 0 Å². The van der Waals surface area contributed by atoms with Gasteiger partial charge in [0.15, 0.2) is 0 Å². The van der Waals surface area contributed by atoms with Crippen molar-refractivity contribution in [3.63, 3.8) is 0 Å². The number of aromatic nitrogens is 2. The van der Waals surface area contributed by atoms with Crippen LogP contribution in [0.1, 0.15) is 30.4 Å². The van der Waals surface area contributed by atoms with E-state index in [0.29, 0.717) is 5.69 Å². The van der Waals surface area contributed by atoms with E-state index < -0.39 is 0 Å². The van der Waals surface area contributed by atoms with Crippen molar-refractivity contribution in [1.82, 2.24) is 14.5 Å². The summed E-state index contributed by atoms with van der Waals surface area (Å²) in [6.07, 6.45) is 6.57. The molecule has 1 rings (SSSR count). The van der Waals surface area contributed by atoms with Gasteiger partial charge in [-0.1, -0.05) is 0 Å². The summed E-state index contributed by atoms with van der Waals surface area (Å²) in [5, 5.41) is 0. The van der Waals surface area contributed by atoms with Crippen LogP contribution in [0.4, 0.5) is 0 Å². The van der Waals surface area contributed by atoms with Crippen LogP contribution in [-0.2, 0) is 0 Å². The molecule has 15 heavy (non-hydrogen) atoms. The zero-order chi connectivity index (χ0) is 11.4. The molecule has 0 saturated heterocycles. The van der Waals surface area contributed by atoms with E-state index in [1.165, 1.54) is 0 Å². The van der Waals surface area contributed by atoms with Crippen LogP contribution in [0.25, 0.3) is 0 Å². The van der Waals surface area contributed by atoms with Gasteiger partial charge in [0.25, 0.3) is 0 Å². The van der Waals surface area contributed by atoms with Crippen molar-refractivity contribution in [2.75, 3.05) is 14.1 Å². The highest BCUT2D eigenvalue weighted by atomic mass is 16.1. The lowest BCUT2D eigenvalue weighted by Gasteiger charge is -2.09. The normalized spacial score (nSPS) is 11.3. The van der Waals surface area contributed by atoms with Gasteiger partial charge in [-0.3, -0.25) is 4.79 Å². The molecule has 0 aromatic carbocycles. The molecular formula is C11H17N3O. The molecular weight excluding hydrogens is 190 g/mol. The molecule has 4 heteroatoms. The second-order valence-electron chi connectivity index (χ2n) is 3.92. The molecule has 4 nitrogen and oxygen atoms in total. The number of allylic oxidation sites excluding steroid dienone is 1. The molecule has 0 aliphatic heterocycles. The Morgan fingerprint density at radius 3 is 2.73 bits per heavy atom. The van der Waals surface area contributed by atoms with Gasteiger partial charge in [-0.05, 0) is 13.8 Å². The summed E-state index contributed by atoms with van der Waals surface area (Å²) in [4.78, 5) is 17.6. The van der Waals surface area contributed by atoms with E-state index in [1.54, 1.807) is 24.8 Å². The van der Waals surface area contributed by atoms with Gasteiger partial charge in [0.1, 0.15) is 5.69 Å². The van der Waals surface area contributed by atoms with Crippen molar-refractivity contribution < 1.29 is 4.79 Å². The minimum atomic E-state index is -0.0186. The average molecular weight is 207 g/mol. The Kier molecular flexibility index (Phi) is 3.66. The average Bonchev–Trinajstić information content (AvgIpc) is 2.62. The van der Waals surface area contributed by atoms with E-state index in [4.69, 9.17) is 0 Å². The van der Waals surface area contributed by atoms with Crippen LogP contribution in [0, 0.1) is 0 Å². The van der Waals surface area contributed by atoms with Crippen molar-refractivity contribution in [3.05, 3.63) is 30.5 Å². The van der Waals surface area contributed by atoms with Gasteiger partial charge in [0, 0.05) is 32.4 Å². The first-order chi connectivity index (χ1) is 7.02. The number of hydrogen-bond acceptors (Lipinski definition) is 3. The Morgan fingerprint density at radius 1 is 1.53 bits per heavy atom. The summed E-state index contributed by atoms with van der Waals surface area (Å²) in [5.41, 5.74) is 0.628. The van der Waals surface area contributed by atoms with Crippen molar-refractivity contribution in [2.45, 2.75) is 19.9 Å². The zero-order valence-corrected chi connectivity index (χ0v) is 9.64. The Labute approximate surface area is 90.2 Å². The fourth-order valence-corrected chi connectivity index (χ4v) is 1.21. The molecule has 0 radical (unpaired) electrons. The molecule has 0 aliphatic carbocycles. The van der Waals surface area contributed by atoms with Crippen molar-refractivity contribution >= 4 is 5.78 Å². The first-order valence-electron chi connectivity index (χ1n) is 4.93. The van der Waals surface area contributed by atoms with E-state index in [-0.39, 0.29) is 11.8 Å². The maximum Gasteiger partial charge on any atom is 0.205 e. The third-order valence-electron chi connectivity index (χ3n) is 2.00. The van der Waals surface area contributed by atoms with E-state index in [0.717, 1.165) is 0 Å². The molecule has 1 heterocycles. The Hall–Kier alpha value is -1.58. The molecule has 82 valence electrons. The first kappa shape index (κ1) is 11.5. The van der Waals surface area contributed by atoms with Crippen LogP contribution in [0.15, 0.2) is 24.8 Å². The highest BCUT2D eigenvalue weighted by Crippen LogP contribution is 2.09. The van der Waals surface area contributed by atoms with Crippen LogP contribution in [0.2, 0.25) is 0 Å². The number of hydrogen-bond donors (Lipinski definition) is 0. The quantitative estimate of drug-likeness (QED) is 0.557. The lowest BCUT2D eigenvalue weighted by atomic mass is 10.2. The van der Waals surface area contributed by atoms with Gasteiger partial charge in [-0.25, -0.2) is 4.98 Å². The maximum atomic E-state index is 11.8. The number of rotatable bonds is 4. The van der Waals surface area contributed by atoms with Gasteiger partial charge in [-0.15, -0.1) is 0 Å². The molecule has 1 aromatic rings. The van der Waals surface area contributed by atoms with Crippen molar-refractivity contribution in [2.24, 2.45) is 0 Å². The first-order valence-corrected chi connectivity index (χ1v) is 4.93. The topological polar surface area (TPSA) is 38.1 Å². The van der Waals surface area contributed by atoms with Gasteiger partial charge in [0.05, 0.1) is 12.5 Å². The molecule has 0 amide bonds. The summed E-state index contributed by atoms with van der Waals surface area (Å²) < 4.78 is 1.86. The Morgan fingerprint density at radius 2 is 2.20 bits per heavy atom. The summed E-state index contributed by atoms with van der Waals surface area (Å²) in [6.45, 7) is 4.04. The van der Waals surface area contributed by atoms with Crippen LogP contribution in [-0.4, -0.2) is 34.3 Å². The van der Waals surface area contributed by atoms with Gasteiger partial charge in [-0.2, -0.15) is 0 Å². The SMILES string of the molecule is CC(C)n1cncc1C(=O)/C=C/N(C)C. The van der Waals surface area contributed by atoms with Gasteiger partial charge < -0.3 is 9.47 Å². The van der Waals surface area contributed by atoms with Crippen LogP contribution >= 0.6 is 0 Å². The molecule has 0 atom stereocenters. The predicted molar refractivity (Wildman–Crippen MR) is 59.8 cm³/mol. The highest BCUT2D eigenvalue weighted by Gasteiger charge is 2.10. The fourth-order valence-electron chi connectivity index (χ4n) is 1.21. The molecule has 1 aromatic heterocycles. The summed E-state index contributed by atoms with van der Waals surface area (Å²) >= 11 is 0. The van der Waals surface area contributed by atoms with E-state index in [1.807, 2.05) is 37.4 Å². The fraction of sp³-hybridized carbons (Fsp3) is 0.455. The summed E-state index contributed by atoms with van der Waals surface area (Å²) in [5.74, 6) is -0.0186. The molecule has 0 fully saturated rings. The molecule has 0 bridgehead atoms. The number of carbonyl (C=O) groups is 1. The molecule has 0 aliphatic rings. The largest absolute Gasteiger partial charge is 0.383 e. The third kappa shape index (κ3) is 2.94. The zero-order valence-electron chi connectivity index (χ0n) is 9.64. The smallest absolute Gasteiger partial charge is 0.205 e. The van der Waals surface area contributed by atoms with Gasteiger partial charge >= 0.3 is 0 Å². The van der Waals surface area contributed by atoms with E-state index in [2.05, 4.69) is 4.98 Å². The second kappa shape index (κ2) is 4.77. The van der Waals surface area contributed by atoms with Crippen molar-refractivity contribution in [1.29, 1.82) is 0 Å². The van der Waals surface area contributed by atoms with Crippen LogP contribution in [0.5, 0.6) is 0 Å². The summed E-state index contributed by atoms with van der Waals surface area (Å²) in [7, 11) is 3.76. The monoisotopic (exact) mass is 207 g/mol. The predicted octanol–water partition coefficient (Wildman–Crippen LogP) is 1.72. The van der Waals surface area contributed by atoms with Crippen molar-refractivity contribution in [3.8, 4) is 0 Å². The second-order valence-corrected chi connectivity index (χ2v) is 3.92. The molecule has 0 N–H and O–H groups in total. The summed E-state index contributed by atoms with van der Waals surface area (Å²) in [6, 6.07) is 0.249. The van der Waals surface area contributed by atoms with E-state index >= 15 is 0 Å². The lowest BCUT2D eigenvalue weighted by Crippen LogP contribution is -2.09. The highest BCUT2D eigenvalue weighted by molar-refractivity contribution is 6.03. The Balaban J connectivity index is 2.87. The number of nitrogens with zero attached hydrogens (tertiary/aromatic N) is 3. The molecule has 0 unspecified atom stereocenters. The molecule has 0 saturated carbocycles.